The van der Waals surface area contributed by atoms with Crippen molar-refractivity contribution >= 4 is 0 Å². The van der Waals surface area contributed by atoms with Crippen molar-refractivity contribution in [1.29, 1.82) is 5.26 Å². The molecule has 14 heavy (non-hydrogen) atoms. The van der Waals surface area contributed by atoms with Gasteiger partial charge in [0.1, 0.15) is 6.04 Å². The van der Waals surface area contributed by atoms with E-state index in [1.165, 1.54) is 12.1 Å². The minimum atomic E-state index is -4.35. The third kappa shape index (κ3) is 2.24. The van der Waals surface area contributed by atoms with Crippen molar-refractivity contribution in [2.24, 2.45) is 5.73 Å². The number of nitrogens with zero attached hydrogens (tertiary/aromatic N) is 1. The summed E-state index contributed by atoms with van der Waals surface area (Å²) in [5.41, 5.74) is 4.94. The van der Waals surface area contributed by atoms with Gasteiger partial charge in [-0.1, -0.05) is 12.1 Å². The molecule has 74 valence electrons. The maximum absolute atomic E-state index is 12.1. The lowest BCUT2D eigenvalue weighted by Crippen LogP contribution is -2.09. The average Bonchev–Trinajstić information content (AvgIpc) is 2.15. The first kappa shape index (κ1) is 10.5. The van der Waals surface area contributed by atoms with Crippen LogP contribution in [0.5, 0.6) is 0 Å². The molecule has 2 nitrogen and oxygen atoms in total. The Labute approximate surface area is 78.8 Å². The van der Waals surface area contributed by atoms with Crippen LogP contribution in [0.15, 0.2) is 24.3 Å². The van der Waals surface area contributed by atoms with Gasteiger partial charge in [-0.25, -0.2) is 0 Å². The Kier molecular flexibility index (Phi) is 2.77. The zero-order valence-corrected chi connectivity index (χ0v) is 7.05. The monoisotopic (exact) mass is 200 g/mol. The first-order chi connectivity index (χ1) is 6.45. The van der Waals surface area contributed by atoms with Crippen molar-refractivity contribution in [1.82, 2.24) is 0 Å². The van der Waals surface area contributed by atoms with E-state index < -0.39 is 17.8 Å². The van der Waals surface area contributed by atoms with Crippen molar-refractivity contribution in [2.45, 2.75) is 12.2 Å². The number of benzene rings is 1. The number of hydrogen-bond donors (Lipinski definition) is 1. The number of halogens is 3. The van der Waals surface area contributed by atoms with E-state index in [1.807, 2.05) is 0 Å². The Morgan fingerprint density at radius 2 is 1.71 bits per heavy atom. The zero-order chi connectivity index (χ0) is 10.8. The summed E-state index contributed by atoms with van der Waals surface area (Å²) >= 11 is 0. The van der Waals surface area contributed by atoms with E-state index in [4.69, 9.17) is 11.0 Å². The molecule has 0 saturated carbocycles. The molecule has 0 aromatic heterocycles. The van der Waals surface area contributed by atoms with E-state index in [2.05, 4.69) is 0 Å². The fourth-order valence-electron chi connectivity index (χ4n) is 0.954. The SMILES string of the molecule is N#C[C@H](N)c1ccc(C(F)(F)F)cc1. The van der Waals surface area contributed by atoms with Gasteiger partial charge < -0.3 is 5.73 Å². The largest absolute Gasteiger partial charge is 0.416 e. The van der Waals surface area contributed by atoms with E-state index >= 15 is 0 Å². The van der Waals surface area contributed by atoms with Crippen LogP contribution in [0.4, 0.5) is 13.2 Å². The van der Waals surface area contributed by atoms with Gasteiger partial charge in [-0.2, -0.15) is 18.4 Å². The third-order valence-corrected chi connectivity index (χ3v) is 1.74. The topological polar surface area (TPSA) is 49.8 Å². The molecule has 2 N–H and O–H groups in total. The van der Waals surface area contributed by atoms with E-state index in [0.29, 0.717) is 5.56 Å². The molecule has 5 heteroatoms. The van der Waals surface area contributed by atoms with Crippen LogP contribution in [-0.4, -0.2) is 0 Å². The van der Waals surface area contributed by atoms with Gasteiger partial charge in [0.25, 0.3) is 0 Å². The van der Waals surface area contributed by atoms with Gasteiger partial charge >= 0.3 is 6.18 Å². The van der Waals surface area contributed by atoms with Crippen molar-refractivity contribution in [3.63, 3.8) is 0 Å². The van der Waals surface area contributed by atoms with Gasteiger partial charge in [0.15, 0.2) is 0 Å². The Morgan fingerprint density at radius 3 is 2.07 bits per heavy atom. The highest BCUT2D eigenvalue weighted by Gasteiger charge is 2.30. The van der Waals surface area contributed by atoms with Gasteiger partial charge in [-0.05, 0) is 17.7 Å². The first-order valence-corrected chi connectivity index (χ1v) is 3.77. The highest BCUT2D eigenvalue weighted by Crippen LogP contribution is 2.29. The van der Waals surface area contributed by atoms with Gasteiger partial charge in [0.2, 0.25) is 0 Å². The smallest absolute Gasteiger partial charge is 0.312 e. The Hall–Kier alpha value is -1.54. The Morgan fingerprint density at radius 1 is 1.21 bits per heavy atom. The standard InChI is InChI=1S/C9H7F3N2/c10-9(11,12)7-3-1-6(2-4-7)8(14)5-13/h1-4,8H,14H2/t8-/m0/s1. The highest BCUT2D eigenvalue weighted by molar-refractivity contribution is 5.29. The molecule has 0 fully saturated rings. The lowest BCUT2D eigenvalue weighted by Gasteiger charge is -2.08. The van der Waals surface area contributed by atoms with Gasteiger partial charge in [0, 0.05) is 0 Å². The molecule has 0 heterocycles. The zero-order valence-electron chi connectivity index (χ0n) is 7.05. The maximum atomic E-state index is 12.1. The number of nitrogens with two attached hydrogens (primary N) is 1. The molecule has 0 saturated heterocycles. The van der Waals surface area contributed by atoms with Crippen LogP contribution in [0.25, 0.3) is 0 Å². The summed E-state index contributed by atoms with van der Waals surface area (Å²) in [6.07, 6.45) is -4.35. The lowest BCUT2D eigenvalue weighted by molar-refractivity contribution is -0.137. The van der Waals surface area contributed by atoms with Crippen LogP contribution in [-0.2, 0) is 6.18 Å². The summed E-state index contributed by atoms with van der Waals surface area (Å²) in [5.74, 6) is 0. The van der Waals surface area contributed by atoms with Gasteiger partial charge in [-0.3, -0.25) is 0 Å². The summed E-state index contributed by atoms with van der Waals surface area (Å²) in [6, 6.07) is 5.09. The quantitative estimate of drug-likeness (QED) is 0.755. The molecule has 1 atom stereocenters. The molecule has 0 aliphatic heterocycles. The number of alkyl halides is 3. The molecule has 0 aliphatic carbocycles. The minimum Gasteiger partial charge on any atom is -0.312 e. The number of nitriles is 1. The minimum absolute atomic E-state index is 0.375. The fraction of sp³-hybridized carbons (Fsp3) is 0.222. The molecule has 1 aromatic carbocycles. The van der Waals surface area contributed by atoms with Crippen molar-refractivity contribution in [3.8, 4) is 6.07 Å². The first-order valence-electron chi connectivity index (χ1n) is 3.77. The highest BCUT2D eigenvalue weighted by atomic mass is 19.4. The molecule has 1 aromatic rings. The second-order valence-corrected chi connectivity index (χ2v) is 2.73. The summed E-state index contributed by atoms with van der Waals surface area (Å²) in [5, 5.41) is 8.42. The average molecular weight is 200 g/mol. The second kappa shape index (κ2) is 3.68. The number of rotatable bonds is 1. The van der Waals surface area contributed by atoms with E-state index in [9.17, 15) is 13.2 Å². The Bertz CT molecular complexity index is 348. The Balaban J connectivity index is 2.96. The summed E-state index contributed by atoms with van der Waals surface area (Å²) in [6.45, 7) is 0. The van der Waals surface area contributed by atoms with Crippen LogP contribution in [0.3, 0.4) is 0 Å². The summed E-state index contributed by atoms with van der Waals surface area (Å²) in [4.78, 5) is 0. The normalized spacial score (nSPS) is 13.4. The lowest BCUT2D eigenvalue weighted by atomic mass is 10.1. The van der Waals surface area contributed by atoms with Crippen LogP contribution in [0.1, 0.15) is 17.2 Å². The molecule has 0 bridgehead atoms. The van der Waals surface area contributed by atoms with Gasteiger partial charge in [0.05, 0.1) is 11.6 Å². The maximum Gasteiger partial charge on any atom is 0.416 e. The van der Waals surface area contributed by atoms with E-state index in [1.54, 1.807) is 6.07 Å². The van der Waals surface area contributed by atoms with Crippen LogP contribution in [0, 0.1) is 11.3 Å². The van der Waals surface area contributed by atoms with Crippen molar-refractivity contribution in [2.75, 3.05) is 0 Å². The molecule has 0 spiro atoms. The van der Waals surface area contributed by atoms with Gasteiger partial charge in [-0.15, -0.1) is 0 Å². The van der Waals surface area contributed by atoms with Crippen LogP contribution in [0.2, 0.25) is 0 Å². The second-order valence-electron chi connectivity index (χ2n) is 2.73. The van der Waals surface area contributed by atoms with Crippen LogP contribution < -0.4 is 5.73 Å². The molecule has 0 aliphatic rings. The number of hydrogen-bond acceptors (Lipinski definition) is 2. The molecule has 0 radical (unpaired) electrons. The summed E-state index contributed by atoms with van der Waals surface area (Å²) in [7, 11) is 0. The fourth-order valence-corrected chi connectivity index (χ4v) is 0.954. The molecule has 0 unspecified atom stereocenters. The van der Waals surface area contributed by atoms with Crippen molar-refractivity contribution < 1.29 is 13.2 Å². The van der Waals surface area contributed by atoms with Crippen molar-refractivity contribution in [3.05, 3.63) is 35.4 Å². The predicted molar refractivity (Wildman–Crippen MR) is 44.0 cm³/mol. The summed E-state index contributed by atoms with van der Waals surface area (Å²) < 4.78 is 36.3. The molecule has 0 amide bonds. The van der Waals surface area contributed by atoms with E-state index in [-0.39, 0.29) is 0 Å². The third-order valence-electron chi connectivity index (χ3n) is 1.74. The molecular weight excluding hydrogens is 193 g/mol. The molecule has 1 rings (SSSR count). The van der Waals surface area contributed by atoms with Crippen LogP contribution >= 0.6 is 0 Å². The predicted octanol–water partition coefficient (Wildman–Crippen LogP) is 2.23. The van der Waals surface area contributed by atoms with E-state index in [0.717, 1.165) is 12.1 Å². The molecular formula is C9H7F3N2.